The van der Waals surface area contributed by atoms with Crippen molar-refractivity contribution in [1.82, 2.24) is 15.0 Å². The van der Waals surface area contributed by atoms with Gasteiger partial charge in [-0.2, -0.15) is 0 Å². The van der Waals surface area contributed by atoms with Crippen LogP contribution in [0.2, 0.25) is 0 Å². The summed E-state index contributed by atoms with van der Waals surface area (Å²) < 4.78 is 0. The fraction of sp³-hybridized carbons (Fsp3) is 0.0714. The number of aromatic amines is 1. The fourth-order valence-corrected chi connectivity index (χ4v) is 4.71. The summed E-state index contributed by atoms with van der Waals surface area (Å²) in [5.74, 6) is -1.51. The number of rotatable bonds is 3. The monoisotopic (exact) mass is 460 g/mol. The average molecular weight is 460 g/mol. The Hall–Kier alpha value is -4.78. The maximum Gasteiger partial charge on any atom is 0.302 e. The largest absolute Gasteiger partial charge is 0.507 e. The smallest absolute Gasteiger partial charge is 0.302 e. The number of hydrogen-bond donors (Lipinski definition) is 2. The van der Waals surface area contributed by atoms with E-state index in [-0.39, 0.29) is 17.3 Å². The van der Waals surface area contributed by atoms with Gasteiger partial charge in [-0.25, -0.2) is 4.98 Å². The highest BCUT2D eigenvalue weighted by atomic mass is 16.3. The van der Waals surface area contributed by atoms with E-state index in [0.29, 0.717) is 16.6 Å². The Bertz CT molecular complexity index is 1660. The number of Topliss-reactive ketones (excluding diaryl/α,β-unsaturated/α-hetero) is 1. The van der Waals surface area contributed by atoms with Crippen LogP contribution in [0.5, 0.6) is 0 Å². The predicted molar refractivity (Wildman–Crippen MR) is 134 cm³/mol. The van der Waals surface area contributed by atoms with Crippen molar-refractivity contribution < 1.29 is 14.7 Å². The first kappa shape index (κ1) is 20.8. The second kappa shape index (κ2) is 7.92. The highest BCUT2D eigenvalue weighted by Gasteiger charge is 2.48. The third-order valence-corrected chi connectivity index (χ3v) is 6.36. The van der Waals surface area contributed by atoms with Gasteiger partial charge in [0.15, 0.2) is 0 Å². The molecule has 35 heavy (non-hydrogen) atoms. The van der Waals surface area contributed by atoms with E-state index < -0.39 is 17.7 Å². The molecule has 1 amide bonds. The molecule has 5 aromatic rings. The van der Waals surface area contributed by atoms with Crippen LogP contribution in [0, 0.1) is 6.92 Å². The number of nitrogens with zero attached hydrogens (tertiary/aromatic N) is 3. The van der Waals surface area contributed by atoms with Gasteiger partial charge in [-0.05, 0) is 53.1 Å². The summed E-state index contributed by atoms with van der Waals surface area (Å²) in [4.78, 5) is 40.0. The lowest BCUT2D eigenvalue weighted by atomic mass is 9.94. The Kier molecular flexibility index (Phi) is 4.70. The normalized spacial score (nSPS) is 17.5. The molecule has 0 saturated carbocycles. The van der Waals surface area contributed by atoms with Crippen LogP contribution in [0.15, 0.2) is 90.8 Å². The molecule has 1 fully saturated rings. The highest BCUT2D eigenvalue weighted by Crippen LogP contribution is 2.42. The zero-order valence-corrected chi connectivity index (χ0v) is 18.8. The van der Waals surface area contributed by atoms with Gasteiger partial charge in [0.25, 0.3) is 5.78 Å². The van der Waals surface area contributed by atoms with Crippen LogP contribution in [-0.2, 0) is 9.59 Å². The Morgan fingerprint density at radius 1 is 0.971 bits per heavy atom. The van der Waals surface area contributed by atoms with E-state index >= 15 is 0 Å². The molecule has 2 aromatic heterocycles. The van der Waals surface area contributed by atoms with E-state index in [1.165, 1.54) is 4.90 Å². The van der Waals surface area contributed by atoms with Crippen molar-refractivity contribution in [3.63, 3.8) is 0 Å². The van der Waals surface area contributed by atoms with Crippen LogP contribution >= 0.6 is 0 Å². The van der Waals surface area contributed by atoms with Crippen LogP contribution in [0.3, 0.4) is 0 Å². The Labute approximate surface area is 200 Å². The van der Waals surface area contributed by atoms with E-state index in [4.69, 9.17) is 0 Å². The number of ketones is 1. The number of benzene rings is 3. The molecule has 7 nitrogen and oxygen atoms in total. The van der Waals surface area contributed by atoms with Gasteiger partial charge in [0, 0.05) is 18.0 Å². The Balaban J connectivity index is 1.60. The molecule has 3 aromatic carbocycles. The van der Waals surface area contributed by atoms with Crippen molar-refractivity contribution in [2.45, 2.75) is 13.0 Å². The molecule has 0 bridgehead atoms. The molecule has 7 heteroatoms. The van der Waals surface area contributed by atoms with Gasteiger partial charge in [0.2, 0.25) is 5.95 Å². The van der Waals surface area contributed by atoms with E-state index in [1.54, 1.807) is 30.6 Å². The third-order valence-electron chi connectivity index (χ3n) is 6.36. The zero-order valence-electron chi connectivity index (χ0n) is 18.8. The molecule has 1 unspecified atom stereocenters. The number of nitrogens with one attached hydrogen (secondary N) is 1. The molecule has 1 saturated heterocycles. The van der Waals surface area contributed by atoms with E-state index in [0.717, 1.165) is 21.9 Å². The number of anilines is 1. The van der Waals surface area contributed by atoms with E-state index in [1.807, 2.05) is 61.5 Å². The quantitative estimate of drug-likeness (QED) is 0.223. The summed E-state index contributed by atoms with van der Waals surface area (Å²) in [7, 11) is 0. The van der Waals surface area contributed by atoms with Crippen LogP contribution in [0.4, 0.5) is 5.95 Å². The molecule has 3 heterocycles. The van der Waals surface area contributed by atoms with Crippen LogP contribution in [0.25, 0.3) is 27.6 Å². The van der Waals surface area contributed by atoms with E-state index in [2.05, 4.69) is 15.0 Å². The minimum atomic E-state index is -0.876. The van der Waals surface area contributed by atoms with Crippen LogP contribution < -0.4 is 4.90 Å². The van der Waals surface area contributed by atoms with Crippen molar-refractivity contribution >= 4 is 45.2 Å². The minimum Gasteiger partial charge on any atom is -0.507 e. The van der Waals surface area contributed by atoms with Crippen molar-refractivity contribution in [3.05, 3.63) is 107 Å². The fourth-order valence-electron chi connectivity index (χ4n) is 4.71. The van der Waals surface area contributed by atoms with Gasteiger partial charge in [0.1, 0.15) is 5.76 Å². The number of carbonyl (C=O) groups excluding carboxylic acids is 2. The highest BCUT2D eigenvalue weighted by molar-refractivity contribution is 6.51. The number of pyridine rings is 1. The van der Waals surface area contributed by atoms with Gasteiger partial charge < -0.3 is 10.1 Å². The lowest BCUT2D eigenvalue weighted by Gasteiger charge is -2.23. The van der Waals surface area contributed by atoms with Gasteiger partial charge >= 0.3 is 5.91 Å². The summed E-state index contributed by atoms with van der Waals surface area (Å²) in [5.41, 5.74) is 3.60. The summed E-state index contributed by atoms with van der Waals surface area (Å²) >= 11 is 0. The number of imidazole rings is 1. The summed E-state index contributed by atoms with van der Waals surface area (Å²) in [5, 5.41) is 13.2. The molecule has 6 rings (SSSR count). The maximum atomic E-state index is 13.4. The summed E-state index contributed by atoms with van der Waals surface area (Å²) in [6.45, 7) is 1.97. The number of carbonyl (C=O) groups is 2. The molecule has 1 aliphatic heterocycles. The Morgan fingerprint density at radius 2 is 1.74 bits per heavy atom. The number of aliphatic hydroxyl groups excluding tert-OH is 1. The number of amides is 1. The molecule has 0 radical (unpaired) electrons. The van der Waals surface area contributed by atoms with Gasteiger partial charge in [-0.15, -0.1) is 0 Å². The molecular weight excluding hydrogens is 440 g/mol. The predicted octanol–water partition coefficient (Wildman–Crippen LogP) is 5.05. The van der Waals surface area contributed by atoms with Crippen LogP contribution in [0.1, 0.15) is 22.7 Å². The molecular formula is C28H20N4O3. The average Bonchev–Trinajstić information content (AvgIpc) is 3.41. The second-order valence-electron chi connectivity index (χ2n) is 8.56. The molecule has 1 atom stereocenters. The standard InChI is InChI=1S/C28H20N4O3/c1-16-9-10-21-22(15-16)31-28(30-21)32-24(18-11-13-29-14-12-18)23(26(34)27(32)35)25(33)20-8-4-6-17-5-2-3-7-19(17)20/h2-15,24,33H,1H3,(H,30,31)/b25-23+. The van der Waals surface area contributed by atoms with Crippen LogP contribution in [-0.4, -0.2) is 31.7 Å². The number of H-pyrrole nitrogens is 1. The first-order valence-corrected chi connectivity index (χ1v) is 11.2. The zero-order chi connectivity index (χ0) is 24.1. The second-order valence-corrected chi connectivity index (χ2v) is 8.56. The third kappa shape index (κ3) is 3.28. The first-order chi connectivity index (χ1) is 17.0. The first-order valence-electron chi connectivity index (χ1n) is 11.2. The van der Waals surface area contributed by atoms with Crippen molar-refractivity contribution in [2.24, 2.45) is 0 Å². The molecule has 2 N–H and O–H groups in total. The molecule has 0 aliphatic carbocycles. The topological polar surface area (TPSA) is 99.2 Å². The number of fused-ring (bicyclic) bond motifs is 2. The maximum absolute atomic E-state index is 13.4. The minimum absolute atomic E-state index is 0.00851. The van der Waals surface area contributed by atoms with Gasteiger partial charge in [-0.3, -0.25) is 19.5 Å². The Morgan fingerprint density at radius 3 is 2.57 bits per heavy atom. The number of aliphatic hydroxyl groups is 1. The molecule has 170 valence electrons. The van der Waals surface area contributed by atoms with Crippen molar-refractivity contribution in [3.8, 4) is 0 Å². The van der Waals surface area contributed by atoms with Crippen molar-refractivity contribution in [2.75, 3.05) is 4.90 Å². The molecule has 0 spiro atoms. The lowest BCUT2D eigenvalue weighted by molar-refractivity contribution is -0.132. The summed E-state index contributed by atoms with van der Waals surface area (Å²) in [6.07, 6.45) is 3.19. The SMILES string of the molecule is Cc1ccc2nc(N3C(=O)C(=O)/C(=C(/O)c4cccc5ccccc45)C3c3ccncc3)[nH]c2c1. The van der Waals surface area contributed by atoms with Gasteiger partial charge in [-0.1, -0.05) is 48.5 Å². The number of aryl methyl sites for hydroxylation is 1. The van der Waals surface area contributed by atoms with E-state index in [9.17, 15) is 14.7 Å². The molecule has 1 aliphatic rings. The number of aromatic nitrogens is 3. The van der Waals surface area contributed by atoms with Crippen molar-refractivity contribution in [1.29, 1.82) is 0 Å². The van der Waals surface area contributed by atoms with Gasteiger partial charge in [0.05, 0.1) is 22.6 Å². The number of hydrogen-bond acceptors (Lipinski definition) is 5. The lowest BCUT2D eigenvalue weighted by Crippen LogP contribution is -2.30. The summed E-state index contributed by atoms with van der Waals surface area (Å²) in [6, 6.07) is 21.4.